The molecular formula is C18H22N4O3S2. The molecule has 0 saturated carbocycles. The standard InChI is InChI=1S/C18H22N4O3S2/c1-6-25-14-8-7-13(9-15(14)27(23,24)22(4)5)21-17-16-11(2)12(3)26-18(16)20-10-19-17/h7-10H,6H2,1-5H3,(H,19,20,21). The van der Waals surface area contributed by atoms with Crippen molar-refractivity contribution in [3.8, 4) is 5.75 Å². The molecule has 0 aliphatic heterocycles. The SMILES string of the molecule is CCOc1ccc(Nc2ncnc3sc(C)c(C)c23)cc1S(=O)(=O)N(C)C. The van der Waals surface area contributed by atoms with Crippen LogP contribution in [0.3, 0.4) is 0 Å². The first-order valence-electron chi connectivity index (χ1n) is 8.42. The highest BCUT2D eigenvalue weighted by Gasteiger charge is 2.23. The lowest BCUT2D eigenvalue weighted by Gasteiger charge is -2.17. The molecule has 0 aliphatic rings. The fraction of sp³-hybridized carbons (Fsp3) is 0.333. The number of thiophene rings is 1. The maximum Gasteiger partial charge on any atom is 0.246 e. The van der Waals surface area contributed by atoms with Gasteiger partial charge in [-0.1, -0.05) is 0 Å². The Morgan fingerprint density at radius 1 is 1.22 bits per heavy atom. The number of aromatic nitrogens is 2. The molecule has 0 fully saturated rings. The van der Waals surface area contributed by atoms with Gasteiger partial charge >= 0.3 is 0 Å². The van der Waals surface area contributed by atoms with Gasteiger partial charge in [-0.05, 0) is 44.5 Å². The van der Waals surface area contributed by atoms with Crippen LogP contribution in [-0.2, 0) is 10.0 Å². The fourth-order valence-electron chi connectivity index (χ4n) is 2.67. The normalized spacial score (nSPS) is 11.9. The van der Waals surface area contributed by atoms with E-state index in [4.69, 9.17) is 4.74 Å². The minimum absolute atomic E-state index is 0.114. The summed E-state index contributed by atoms with van der Waals surface area (Å²) in [6.07, 6.45) is 1.51. The molecule has 3 aromatic rings. The molecule has 144 valence electrons. The summed E-state index contributed by atoms with van der Waals surface area (Å²) in [6, 6.07) is 5.01. The van der Waals surface area contributed by atoms with Gasteiger partial charge in [0.15, 0.2) is 0 Å². The Balaban J connectivity index is 2.09. The Bertz CT molecular complexity index is 1090. The third-order valence-electron chi connectivity index (χ3n) is 4.23. The van der Waals surface area contributed by atoms with Gasteiger partial charge < -0.3 is 10.1 Å². The van der Waals surface area contributed by atoms with Crippen molar-refractivity contribution in [2.24, 2.45) is 0 Å². The number of hydrogen-bond donors (Lipinski definition) is 1. The highest BCUT2D eigenvalue weighted by molar-refractivity contribution is 7.89. The van der Waals surface area contributed by atoms with Crippen molar-refractivity contribution in [3.63, 3.8) is 0 Å². The molecule has 0 radical (unpaired) electrons. The zero-order valence-electron chi connectivity index (χ0n) is 15.9. The van der Waals surface area contributed by atoms with E-state index in [2.05, 4.69) is 15.3 Å². The lowest BCUT2D eigenvalue weighted by atomic mass is 10.2. The molecule has 2 aromatic heterocycles. The maximum absolute atomic E-state index is 12.7. The van der Waals surface area contributed by atoms with Crippen LogP contribution in [0.25, 0.3) is 10.2 Å². The number of anilines is 2. The number of fused-ring (bicyclic) bond motifs is 1. The minimum atomic E-state index is -3.65. The van der Waals surface area contributed by atoms with Crippen molar-refractivity contribution >= 4 is 43.1 Å². The molecular weight excluding hydrogens is 384 g/mol. The highest BCUT2D eigenvalue weighted by Crippen LogP contribution is 2.35. The summed E-state index contributed by atoms with van der Waals surface area (Å²) >= 11 is 1.61. The average Bonchev–Trinajstić information content (AvgIpc) is 2.91. The van der Waals surface area contributed by atoms with Gasteiger partial charge in [0.1, 0.15) is 27.6 Å². The van der Waals surface area contributed by atoms with Crippen LogP contribution in [0.4, 0.5) is 11.5 Å². The molecule has 1 N–H and O–H groups in total. The summed E-state index contributed by atoms with van der Waals surface area (Å²) in [5.74, 6) is 0.978. The molecule has 0 bridgehead atoms. The van der Waals surface area contributed by atoms with Crippen molar-refractivity contribution in [1.29, 1.82) is 0 Å². The Kier molecular flexibility index (Phi) is 5.36. The third kappa shape index (κ3) is 3.62. The number of rotatable bonds is 6. The molecule has 0 aliphatic carbocycles. The Labute approximate surface area is 163 Å². The van der Waals surface area contributed by atoms with Gasteiger partial charge in [-0.25, -0.2) is 22.7 Å². The summed E-state index contributed by atoms with van der Waals surface area (Å²) in [6.45, 7) is 6.27. The van der Waals surface area contributed by atoms with Crippen LogP contribution < -0.4 is 10.1 Å². The number of hydrogen-bond acceptors (Lipinski definition) is 7. The van der Waals surface area contributed by atoms with E-state index in [1.54, 1.807) is 29.5 Å². The molecule has 9 heteroatoms. The third-order valence-corrected chi connectivity index (χ3v) is 7.18. The van der Waals surface area contributed by atoms with E-state index in [-0.39, 0.29) is 4.90 Å². The predicted octanol–water partition coefficient (Wildman–Crippen LogP) is 3.70. The maximum atomic E-state index is 12.7. The van der Waals surface area contributed by atoms with Gasteiger partial charge in [-0.2, -0.15) is 0 Å². The van der Waals surface area contributed by atoms with Crippen LogP contribution in [0.1, 0.15) is 17.4 Å². The molecule has 2 heterocycles. The molecule has 0 atom stereocenters. The van der Waals surface area contributed by atoms with Gasteiger partial charge in [0.2, 0.25) is 10.0 Å². The van der Waals surface area contributed by atoms with Crippen LogP contribution in [0.2, 0.25) is 0 Å². The molecule has 0 unspecified atom stereocenters. The van der Waals surface area contributed by atoms with E-state index in [1.165, 1.54) is 29.6 Å². The van der Waals surface area contributed by atoms with Crippen molar-refractivity contribution in [3.05, 3.63) is 35.0 Å². The lowest BCUT2D eigenvalue weighted by molar-refractivity contribution is 0.330. The predicted molar refractivity (Wildman–Crippen MR) is 109 cm³/mol. The molecule has 3 rings (SSSR count). The van der Waals surface area contributed by atoms with Crippen molar-refractivity contribution in [2.45, 2.75) is 25.7 Å². The number of aryl methyl sites for hydroxylation is 2. The second-order valence-electron chi connectivity index (χ2n) is 6.19. The molecule has 1 aromatic carbocycles. The van der Waals surface area contributed by atoms with Crippen LogP contribution >= 0.6 is 11.3 Å². The summed E-state index contributed by atoms with van der Waals surface area (Å²) in [7, 11) is -0.660. The van der Waals surface area contributed by atoms with Crippen molar-refractivity contribution in [2.75, 3.05) is 26.0 Å². The number of sulfonamides is 1. The van der Waals surface area contributed by atoms with Crippen molar-refractivity contribution in [1.82, 2.24) is 14.3 Å². The van der Waals surface area contributed by atoms with E-state index >= 15 is 0 Å². The van der Waals surface area contributed by atoms with Gasteiger partial charge in [0.25, 0.3) is 0 Å². The molecule has 27 heavy (non-hydrogen) atoms. The number of ether oxygens (including phenoxy) is 1. The molecule has 0 amide bonds. The Morgan fingerprint density at radius 3 is 2.63 bits per heavy atom. The van der Waals surface area contributed by atoms with E-state index in [0.717, 1.165) is 15.8 Å². The summed E-state index contributed by atoms with van der Waals surface area (Å²) < 4.78 is 32.1. The second kappa shape index (κ2) is 7.41. The van der Waals surface area contributed by atoms with Gasteiger partial charge in [0, 0.05) is 24.7 Å². The van der Waals surface area contributed by atoms with Crippen LogP contribution in [-0.4, -0.2) is 43.4 Å². The van der Waals surface area contributed by atoms with E-state index in [0.29, 0.717) is 23.9 Å². The quantitative estimate of drug-likeness (QED) is 0.672. The first-order chi connectivity index (χ1) is 12.8. The zero-order chi connectivity index (χ0) is 19.8. The smallest absolute Gasteiger partial charge is 0.246 e. The van der Waals surface area contributed by atoms with Gasteiger partial charge in [0.05, 0.1) is 12.0 Å². The zero-order valence-corrected chi connectivity index (χ0v) is 17.5. The Morgan fingerprint density at radius 2 is 1.96 bits per heavy atom. The first kappa shape index (κ1) is 19.5. The molecule has 0 saturated heterocycles. The Hall–Kier alpha value is -2.23. The van der Waals surface area contributed by atoms with Crippen LogP contribution in [0.15, 0.2) is 29.4 Å². The largest absolute Gasteiger partial charge is 0.492 e. The fourth-order valence-corrected chi connectivity index (χ4v) is 4.72. The summed E-state index contributed by atoms with van der Waals surface area (Å²) in [5, 5.41) is 4.19. The monoisotopic (exact) mass is 406 g/mol. The van der Waals surface area contributed by atoms with Crippen molar-refractivity contribution < 1.29 is 13.2 Å². The van der Waals surface area contributed by atoms with Crippen LogP contribution in [0, 0.1) is 13.8 Å². The molecule has 0 spiro atoms. The number of benzene rings is 1. The number of nitrogens with zero attached hydrogens (tertiary/aromatic N) is 3. The van der Waals surface area contributed by atoms with Crippen LogP contribution in [0.5, 0.6) is 5.75 Å². The van der Waals surface area contributed by atoms with E-state index in [9.17, 15) is 8.42 Å². The summed E-state index contributed by atoms with van der Waals surface area (Å²) in [4.78, 5) is 10.9. The minimum Gasteiger partial charge on any atom is -0.492 e. The van der Waals surface area contributed by atoms with E-state index < -0.39 is 10.0 Å². The average molecular weight is 407 g/mol. The van der Waals surface area contributed by atoms with Gasteiger partial charge in [-0.15, -0.1) is 11.3 Å². The number of nitrogens with one attached hydrogen (secondary N) is 1. The molecule has 7 nitrogen and oxygen atoms in total. The highest BCUT2D eigenvalue weighted by atomic mass is 32.2. The van der Waals surface area contributed by atoms with E-state index in [1.807, 2.05) is 20.8 Å². The first-order valence-corrected chi connectivity index (χ1v) is 10.7. The lowest BCUT2D eigenvalue weighted by Crippen LogP contribution is -2.23. The topological polar surface area (TPSA) is 84.4 Å². The summed E-state index contributed by atoms with van der Waals surface area (Å²) in [5.41, 5.74) is 1.73. The van der Waals surface area contributed by atoms with Gasteiger partial charge in [-0.3, -0.25) is 0 Å². The second-order valence-corrected chi connectivity index (χ2v) is 9.52.